The fourth-order valence-electron chi connectivity index (χ4n) is 1.76. The number of thiophene rings is 1. The lowest BCUT2D eigenvalue weighted by Crippen LogP contribution is -2.37. The summed E-state index contributed by atoms with van der Waals surface area (Å²) in [6.07, 6.45) is 3.52. The minimum Gasteiger partial charge on any atom is -0.505 e. The molecule has 1 aromatic heterocycles. The van der Waals surface area contributed by atoms with Crippen LogP contribution in [0.5, 0.6) is 0 Å². The number of hydrogen-bond acceptors (Lipinski definition) is 6. The third kappa shape index (κ3) is 6.62. The van der Waals surface area contributed by atoms with Gasteiger partial charge in [0.2, 0.25) is 0 Å². The molecule has 6 nitrogen and oxygen atoms in total. The summed E-state index contributed by atoms with van der Waals surface area (Å²) in [7, 11) is 1.56. The molecule has 0 spiro atoms. The Hall–Kier alpha value is -2.02. The van der Waals surface area contributed by atoms with Gasteiger partial charge in [0.25, 0.3) is 0 Å². The van der Waals surface area contributed by atoms with Gasteiger partial charge in [-0.15, -0.1) is 11.3 Å². The van der Waals surface area contributed by atoms with E-state index in [0.29, 0.717) is 29.5 Å². The number of carbonyl (C=O) groups is 2. The van der Waals surface area contributed by atoms with Crippen LogP contribution in [-0.2, 0) is 14.2 Å². The Morgan fingerprint density at radius 1 is 1.29 bits per heavy atom. The average molecular weight is 355 g/mol. The van der Waals surface area contributed by atoms with E-state index in [-0.39, 0.29) is 0 Å². The highest BCUT2D eigenvalue weighted by Crippen LogP contribution is 2.28. The number of carbonyl (C=O) groups excluding carboxylic acids is 2. The topological polar surface area (TPSA) is 65.1 Å². The third-order valence-corrected chi connectivity index (χ3v) is 3.79. The van der Waals surface area contributed by atoms with Crippen molar-refractivity contribution >= 4 is 28.4 Å². The van der Waals surface area contributed by atoms with Crippen LogP contribution in [0, 0.1) is 0 Å². The van der Waals surface area contributed by atoms with Crippen molar-refractivity contribution in [2.24, 2.45) is 0 Å². The number of anilines is 1. The lowest BCUT2D eigenvalue weighted by atomic mass is 10.2. The summed E-state index contributed by atoms with van der Waals surface area (Å²) in [5, 5.41) is 0.637. The van der Waals surface area contributed by atoms with Gasteiger partial charge < -0.3 is 14.2 Å². The first-order valence-electron chi connectivity index (χ1n) is 7.73. The van der Waals surface area contributed by atoms with Crippen molar-refractivity contribution in [3.63, 3.8) is 0 Å². The van der Waals surface area contributed by atoms with Crippen molar-refractivity contribution in [2.45, 2.75) is 39.7 Å². The fraction of sp³-hybridized carbons (Fsp3) is 0.529. The van der Waals surface area contributed by atoms with E-state index in [1.165, 1.54) is 16.2 Å². The van der Waals surface area contributed by atoms with Gasteiger partial charge in [-0.1, -0.05) is 0 Å². The summed E-state index contributed by atoms with van der Waals surface area (Å²) in [4.78, 5) is 26.2. The summed E-state index contributed by atoms with van der Waals surface area (Å²) >= 11 is 1.20. The van der Waals surface area contributed by atoms with Gasteiger partial charge in [-0.25, -0.2) is 9.59 Å². The van der Waals surface area contributed by atoms with Gasteiger partial charge in [-0.3, -0.25) is 4.90 Å². The van der Waals surface area contributed by atoms with Crippen LogP contribution >= 0.6 is 11.3 Å². The summed E-state index contributed by atoms with van der Waals surface area (Å²) in [5.41, 5.74) is -0.598. The van der Waals surface area contributed by atoms with Gasteiger partial charge in [-0.2, -0.15) is 0 Å². The maximum absolute atomic E-state index is 12.5. The molecule has 0 atom stereocenters. The number of nitrogens with zero attached hydrogens (tertiary/aromatic N) is 1. The molecule has 7 heteroatoms. The first-order chi connectivity index (χ1) is 11.3. The van der Waals surface area contributed by atoms with Crippen molar-refractivity contribution in [3.8, 4) is 0 Å². The first-order valence-corrected chi connectivity index (χ1v) is 8.55. The highest BCUT2D eigenvalue weighted by Gasteiger charge is 2.25. The largest absolute Gasteiger partial charge is 0.505 e. The van der Waals surface area contributed by atoms with Gasteiger partial charge in [0.05, 0.1) is 20.0 Å². The molecule has 0 unspecified atom stereocenters. The Bertz CT molecular complexity index is 574. The lowest BCUT2D eigenvalue weighted by molar-refractivity contribution is 0.0529. The number of rotatable bonds is 7. The molecule has 0 aliphatic carbocycles. The number of hydrogen-bond donors (Lipinski definition) is 0. The van der Waals surface area contributed by atoms with E-state index in [9.17, 15) is 9.59 Å². The van der Waals surface area contributed by atoms with Gasteiger partial charge in [-0.05, 0) is 52.3 Å². The van der Waals surface area contributed by atoms with E-state index in [1.807, 2.05) is 26.8 Å². The number of methoxy groups -OCH3 is 1. The predicted octanol–water partition coefficient (Wildman–Crippen LogP) is 4.22. The quantitative estimate of drug-likeness (QED) is 0.541. The van der Waals surface area contributed by atoms with Crippen LogP contribution in [0.3, 0.4) is 0 Å². The Balaban J connectivity index is 2.93. The minimum absolute atomic E-state index is 0.309. The maximum Gasteiger partial charge on any atom is 0.415 e. The molecule has 24 heavy (non-hydrogen) atoms. The van der Waals surface area contributed by atoms with E-state index in [2.05, 4.69) is 0 Å². The molecule has 1 rings (SSSR count). The van der Waals surface area contributed by atoms with Crippen molar-refractivity contribution in [1.29, 1.82) is 0 Å². The monoisotopic (exact) mass is 355 g/mol. The second-order valence-electron chi connectivity index (χ2n) is 5.89. The van der Waals surface area contributed by atoms with E-state index in [0.717, 1.165) is 0 Å². The molecule has 1 amide bonds. The fourth-order valence-corrected chi connectivity index (χ4v) is 2.68. The second kappa shape index (κ2) is 9.32. The van der Waals surface area contributed by atoms with Crippen LogP contribution in [0.1, 0.15) is 43.8 Å². The van der Waals surface area contributed by atoms with E-state index >= 15 is 0 Å². The van der Waals surface area contributed by atoms with E-state index in [4.69, 9.17) is 14.2 Å². The van der Waals surface area contributed by atoms with Crippen molar-refractivity contribution in [2.75, 3.05) is 25.2 Å². The molecule has 1 aromatic rings. The number of amides is 1. The van der Waals surface area contributed by atoms with Gasteiger partial charge in [0.1, 0.15) is 15.5 Å². The van der Waals surface area contributed by atoms with Crippen molar-refractivity contribution in [3.05, 3.63) is 29.3 Å². The summed E-state index contributed by atoms with van der Waals surface area (Å²) in [6, 6.07) is 3.38. The molecule has 0 aromatic carbocycles. The predicted molar refractivity (Wildman–Crippen MR) is 94.6 cm³/mol. The molecular formula is C17H25NO5S. The van der Waals surface area contributed by atoms with E-state index in [1.54, 1.807) is 32.4 Å². The van der Waals surface area contributed by atoms with Gasteiger partial charge in [0.15, 0.2) is 0 Å². The highest BCUT2D eigenvalue weighted by atomic mass is 32.1. The minimum atomic E-state index is -0.598. The zero-order valence-corrected chi connectivity index (χ0v) is 15.6. The normalized spacial score (nSPS) is 11.4. The average Bonchev–Trinajstić information content (AvgIpc) is 2.95. The molecule has 0 fully saturated rings. The summed E-state index contributed by atoms with van der Waals surface area (Å²) in [6.45, 7) is 7.91. The number of ether oxygens (including phenoxy) is 3. The molecule has 134 valence electrons. The molecular weight excluding hydrogens is 330 g/mol. The molecule has 0 saturated carbocycles. The Kier molecular flexibility index (Phi) is 7.78. The van der Waals surface area contributed by atoms with Crippen molar-refractivity contribution in [1.82, 2.24) is 0 Å². The molecule has 0 N–H and O–H groups in total. The number of esters is 1. The van der Waals surface area contributed by atoms with Crippen LogP contribution in [-0.4, -0.2) is 37.9 Å². The third-order valence-electron chi connectivity index (χ3n) is 2.70. The SMILES string of the molecule is CCOC(=O)c1ccc(N(CC/C=C/OC)C(=O)OC(C)(C)C)s1. The molecule has 0 saturated heterocycles. The lowest BCUT2D eigenvalue weighted by Gasteiger charge is -2.26. The first kappa shape index (κ1) is 20.0. The standard InChI is InChI=1S/C17H25NO5S/c1-6-22-15(19)13-9-10-14(24-13)18(11-7-8-12-21-5)16(20)23-17(2,3)4/h8-10,12H,6-7,11H2,1-5H3/b12-8+. The summed E-state index contributed by atoms with van der Waals surface area (Å²) in [5.74, 6) is -0.392. The van der Waals surface area contributed by atoms with Crippen LogP contribution in [0.4, 0.5) is 9.80 Å². The zero-order valence-electron chi connectivity index (χ0n) is 14.8. The summed E-state index contributed by atoms with van der Waals surface area (Å²) < 4.78 is 15.3. The molecule has 1 heterocycles. The zero-order chi connectivity index (χ0) is 18.2. The van der Waals surface area contributed by atoms with E-state index < -0.39 is 17.7 Å². The van der Waals surface area contributed by atoms with Gasteiger partial charge >= 0.3 is 12.1 Å². The molecule has 0 bridgehead atoms. The van der Waals surface area contributed by atoms with Gasteiger partial charge in [0, 0.05) is 6.54 Å². The highest BCUT2D eigenvalue weighted by molar-refractivity contribution is 7.18. The second-order valence-corrected chi connectivity index (χ2v) is 6.95. The Morgan fingerprint density at radius 3 is 2.58 bits per heavy atom. The molecule has 0 aliphatic heterocycles. The van der Waals surface area contributed by atoms with Crippen LogP contribution < -0.4 is 4.90 Å². The Morgan fingerprint density at radius 2 is 2.00 bits per heavy atom. The molecule has 0 aliphatic rings. The smallest absolute Gasteiger partial charge is 0.415 e. The van der Waals surface area contributed by atoms with Crippen LogP contribution in [0.2, 0.25) is 0 Å². The van der Waals surface area contributed by atoms with Crippen molar-refractivity contribution < 1.29 is 23.8 Å². The Labute approximate surface area is 147 Å². The maximum atomic E-state index is 12.5. The van der Waals surface area contributed by atoms with Crippen LogP contribution in [0.15, 0.2) is 24.5 Å². The molecule has 0 radical (unpaired) electrons. The van der Waals surface area contributed by atoms with Crippen LogP contribution in [0.25, 0.3) is 0 Å².